The molecule has 3 amide bonds. The molecule has 2 heterocycles. The van der Waals surface area contributed by atoms with Crippen LogP contribution in [0.2, 0.25) is 0 Å². The van der Waals surface area contributed by atoms with Crippen molar-refractivity contribution in [3.8, 4) is 5.75 Å². The van der Waals surface area contributed by atoms with Crippen LogP contribution in [0.15, 0.2) is 24.3 Å². The Kier molecular flexibility index (Phi) is 5.44. The van der Waals surface area contributed by atoms with Crippen LogP contribution in [-0.2, 0) is 14.4 Å². The predicted molar refractivity (Wildman–Crippen MR) is 96.6 cm³/mol. The molecule has 1 aromatic rings. The minimum atomic E-state index is -0.299. The number of rotatable bonds is 4. The molecular formula is C19H25N3O4. The fourth-order valence-electron chi connectivity index (χ4n) is 3.55. The number of benzene rings is 1. The highest BCUT2D eigenvalue weighted by molar-refractivity contribution is 5.97. The standard InChI is InChI=1S/C19H25N3O4/c1-13-12-22(15-4-2-3-5-16(15)26-13)18(24)7-6-17(23)21-10-8-14(9-11-21)19(20)25/h2-5,13-14H,6-12H2,1H3,(H2,20,25). The molecule has 1 atom stereocenters. The number of carbonyl (C=O) groups excluding carboxylic acids is 3. The molecule has 140 valence electrons. The van der Waals surface area contributed by atoms with E-state index in [1.54, 1.807) is 9.80 Å². The zero-order chi connectivity index (χ0) is 18.7. The Morgan fingerprint density at radius 1 is 1.12 bits per heavy atom. The highest BCUT2D eigenvalue weighted by Crippen LogP contribution is 2.33. The highest BCUT2D eigenvalue weighted by atomic mass is 16.5. The van der Waals surface area contributed by atoms with Gasteiger partial charge in [0.05, 0.1) is 12.2 Å². The van der Waals surface area contributed by atoms with Gasteiger partial charge in [0.25, 0.3) is 0 Å². The minimum absolute atomic E-state index is 0.0455. The van der Waals surface area contributed by atoms with E-state index in [4.69, 9.17) is 10.5 Å². The van der Waals surface area contributed by atoms with Crippen molar-refractivity contribution in [2.45, 2.75) is 38.7 Å². The molecule has 0 spiro atoms. The molecule has 0 saturated carbocycles. The van der Waals surface area contributed by atoms with Gasteiger partial charge < -0.3 is 20.3 Å². The van der Waals surface area contributed by atoms with Crippen LogP contribution in [0, 0.1) is 5.92 Å². The maximum atomic E-state index is 12.7. The summed E-state index contributed by atoms with van der Waals surface area (Å²) in [5.74, 6) is 0.127. The number of hydrogen-bond acceptors (Lipinski definition) is 4. The maximum absolute atomic E-state index is 12.7. The molecule has 0 radical (unpaired) electrons. The smallest absolute Gasteiger partial charge is 0.227 e. The number of hydrogen-bond donors (Lipinski definition) is 1. The third-order valence-corrected chi connectivity index (χ3v) is 5.03. The molecule has 0 bridgehead atoms. The summed E-state index contributed by atoms with van der Waals surface area (Å²) < 4.78 is 5.76. The summed E-state index contributed by atoms with van der Waals surface area (Å²) in [6, 6.07) is 7.44. The molecule has 3 rings (SSSR count). The number of para-hydroxylation sites is 2. The lowest BCUT2D eigenvalue weighted by Gasteiger charge is -2.34. The van der Waals surface area contributed by atoms with Crippen LogP contribution < -0.4 is 15.4 Å². The lowest BCUT2D eigenvalue weighted by molar-refractivity contribution is -0.136. The quantitative estimate of drug-likeness (QED) is 0.877. The van der Waals surface area contributed by atoms with Crippen molar-refractivity contribution in [3.63, 3.8) is 0 Å². The predicted octanol–water partition coefficient (Wildman–Crippen LogP) is 1.30. The second kappa shape index (κ2) is 7.76. The van der Waals surface area contributed by atoms with Gasteiger partial charge in [-0.05, 0) is 31.9 Å². The lowest BCUT2D eigenvalue weighted by Crippen LogP contribution is -2.44. The van der Waals surface area contributed by atoms with Gasteiger partial charge in [-0.2, -0.15) is 0 Å². The van der Waals surface area contributed by atoms with Gasteiger partial charge in [0.2, 0.25) is 17.7 Å². The summed E-state index contributed by atoms with van der Waals surface area (Å²) in [6.45, 7) is 3.45. The number of ether oxygens (including phenoxy) is 1. The average molecular weight is 359 g/mol. The first kappa shape index (κ1) is 18.2. The van der Waals surface area contributed by atoms with Crippen molar-refractivity contribution in [2.75, 3.05) is 24.5 Å². The van der Waals surface area contributed by atoms with Gasteiger partial charge in [0, 0.05) is 31.8 Å². The van der Waals surface area contributed by atoms with Crippen molar-refractivity contribution in [3.05, 3.63) is 24.3 Å². The Hall–Kier alpha value is -2.57. The fourth-order valence-corrected chi connectivity index (χ4v) is 3.55. The average Bonchev–Trinajstić information content (AvgIpc) is 2.65. The van der Waals surface area contributed by atoms with Gasteiger partial charge >= 0.3 is 0 Å². The number of primary amides is 1. The molecule has 7 nitrogen and oxygen atoms in total. The second-order valence-corrected chi connectivity index (χ2v) is 6.96. The van der Waals surface area contributed by atoms with Crippen molar-refractivity contribution >= 4 is 23.4 Å². The Labute approximate surface area is 153 Å². The third kappa shape index (κ3) is 3.98. The summed E-state index contributed by atoms with van der Waals surface area (Å²) in [5.41, 5.74) is 6.07. The van der Waals surface area contributed by atoms with Crippen LogP contribution in [0.5, 0.6) is 5.75 Å². The van der Waals surface area contributed by atoms with Gasteiger partial charge in [-0.25, -0.2) is 0 Å². The second-order valence-electron chi connectivity index (χ2n) is 6.96. The molecule has 1 saturated heterocycles. The van der Waals surface area contributed by atoms with Crippen LogP contribution >= 0.6 is 0 Å². The van der Waals surface area contributed by atoms with Crippen molar-refractivity contribution < 1.29 is 19.1 Å². The largest absolute Gasteiger partial charge is 0.487 e. The Balaban J connectivity index is 1.54. The molecule has 2 aliphatic heterocycles. The highest BCUT2D eigenvalue weighted by Gasteiger charge is 2.29. The van der Waals surface area contributed by atoms with E-state index in [-0.39, 0.29) is 42.6 Å². The van der Waals surface area contributed by atoms with Crippen molar-refractivity contribution in [1.29, 1.82) is 0 Å². The first-order chi connectivity index (χ1) is 12.5. The monoisotopic (exact) mass is 359 g/mol. The summed E-state index contributed by atoms with van der Waals surface area (Å²) in [4.78, 5) is 39.7. The zero-order valence-corrected chi connectivity index (χ0v) is 15.0. The zero-order valence-electron chi connectivity index (χ0n) is 15.0. The molecule has 1 aromatic carbocycles. The van der Waals surface area contributed by atoms with Crippen molar-refractivity contribution in [2.24, 2.45) is 11.7 Å². The molecular weight excluding hydrogens is 334 g/mol. The lowest BCUT2D eigenvalue weighted by atomic mass is 9.96. The number of nitrogens with two attached hydrogens (primary N) is 1. The van der Waals surface area contributed by atoms with Crippen LogP contribution in [-0.4, -0.2) is 48.4 Å². The van der Waals surface area contributed by atoms with Crippen molar-refractivity contribution in [1.82, 2.24) is 4.90 Å². The van der Waals surface area contributed by atoms with E-state index < -0.39 is 0 Å². The normalized spacial score (nSPS) is 20.3. The summed E-state index contributed by atoms with van der Waals surface area (Å²) in [6.07, 6.45) is 1.45. The molecule has 2 aliphatic rings. The van der Waals surface area contributed by atoms with E-state index in [0.29, 0.717) is 38.2 Å². The number of piperidine rings is 1. The topological polar surface area (TPSA) is 92.9 Å². The van der Waals surface area contributed by atoms with E-state index in [0.717, 1.165) is 5.69 Å². The summed E-state index contributed by atoms with van der Waals surface area (Å²) in [5, 5.41) is 0. The van der Waals surface area contributed by atoms with Gasteiger partial charge in [0.15, 0.2) is 0 Å². The van der Waals surface area contributed by atoms with E-state index in [1.165, 1.54) is 0 Å². The van der Waals surface area contributed by atoms with Crippen LogP contribution in [0.4, 0.5) is 5.69 Å². The third-order valence-electron chi connectivity index (χ3n) is 5.03. The minimum Gasteiger partial charge on any atom is -0.487 e. The number of amides is 3. The molecule has 1 fully saturated rings. The number of fused-ring (bicyclic) bond motifs is 1. The van der Waals surface area contributed by atoms with Crippen LogP contribution in [0.25, 0.3) is 0 Å². The summed E-state index contributed by atoms with van der Waals surface area (Å²) in [7, 11) is 0. The Morgan fingerprint density at radius 3 is 2.46 bits per heavy atom. The number of nitrogens with zero attached hydrogens (tertiary/aromatic N) is 2. The molecule has 26 heavy (non-hydrogen) atoms. The number of anilines is 1. The van der Waals surface area contributed by atoms with Crippen LogP contribution in [0.1, 0.15) is 32.6 Å². The number of likely N-dealkylation sites (tertiary alicyclic amines) is 1. The molecule has 2 N–H and O–H groups in total. The Bertz CT molecular complexity index is 698. The first-order valence-corrected chi connectivity index (χ1v) is 9.09. The van der Waals surface area contributed by atoms with E-state index >= 15 is 0 Å². The summed E-state index contributed by atoms with van der Waals surface area (Å²) >= 11 is 0. The SMILES string of the molecule is CC1CN(C(=O)CCC(=O)N2CCC(C(N)=O)CC2)c2ccccc2O1. The van der Waals surface area contributed by atoms with Crippen LogP contribution in [0.3, 0.4) is 0 Å². The molecule has 1 unspecified atom stereocenters. The van der Waals surface area contributed by atoms with Gasteiger partial charge in [-0.15, -0.1) is 0 Å². The molecule has 0 aromatic heterocycles. The maximum Gasteiger partial charge on any atom is 0.227 e. The van der Waals surface area contributed by atoms with E-state index in [2.05, 4.69) is 0 Å². The number of carbonyl (C=O) groups is 3. The molecule has 7 heteroatoms. The Morgan fingerprint density at radius 2 is 1.77 bits per heavy atom. The van der Waals surface area contributed by atoms with Gasteiger partial charge in [0.1, 0.15) is 11.9 Å². The van der Waals surface area contributed by atoms with Gasteiger partial charge in [-0.1, -0.05) is 12.1 Å². The van der Waals surface area contributed by atoms with E-state index in [1.807, 2.05) is 31.2 Å². The van der Waals surface area contributed by atoms with Gasteiger partial charge in [-0.3, -0.25) is 14.4 Å². The fraction of sp³-hybridized carbons (Fsp3) is 0.526. The first-order valence-electron chi connectivity index (χ1n) is 9.09. The van der Waals surface area contributed by atoms with E-state index in [9.17, 15) is 14.4 Å². The molecule has 0 aliphatic carbocycles.